The minimum Gasteiger partial charge on any atom is -0.457 e. The lowest BCUT2D eigenvalue weighted by Gasteiger charge is -2.15. The van der Waals surface area contributed by atoms with E-state index in [0.29, 0.717) is 13.0 Å². The van der Waals surface area contributed by atoms with Gasteiger partial charge in [-0.1, -0.05) is 115 Å². The van der Waals surface area contributed by atoms with Crippen molar-refractivity contribution in [2.45, 2.75) is 142 Å². The predicted molar refractivity (Wildman–Crippen MR) is 145 cm³/mol. The fourth-order valence-electron chi connectivity index (χ4n) is 3.86. The predicted octanol–water partition coefficient (Wildman–Crippen LogP) is 8.47. The molecule has 34 heavy (non-hydrogen) atoms. The second kappa shape index (κ2) is 28.1. The maximum absolute atomic E-state index is 11.2. The highest BCUT2D eigenvalue weighted by Crippen LogP contribution is 2.12. The van der Waals surface area contributed by atoms with E-state index in [0.717, 1.165) is 12.8 Å². The van der Waals surface area contributed by atoms with Gasteiger partial charge in [0.2, 0.25) is 0 Å². The molecule has 4 nitrogen and oxygen atoms in total. The Balaban J connectivity index is 3.26. The number of allylic oxidation sites excluding steroid dienone is 4. The van der Waals surface area contributed by atoms with E-state index in [4.69, 9.17) is 9.47 Å². The van der Waals surface area contributed by atoms with E-state index in [1.54, 1.807) is 6.92 Å². The van der Waals surface area contributed by atoms with Gasteiger partial charge in [-0.25, -0.2) is 0 Å². The second-order valence-electron chi connectivity index (χ2n) is 9.43. The number of rotatable bonds is 26. The topological polar surface area (TPSA) is 55.8 Å². The molecule has 0 aliphatic carbocycles. The van der Waals surface area contributed by atoms with E-state index in [9.17, 15) is 9.90 Å². The van der Waals surface area contributed by atoms with Crippen molar-refractivity contribution in [1.29, 1.82) is 0 Å². The number of unbranched alkanes of at least 4 members (excludes halogenated alkanes) is 15. The van der Waals surface area contributed by atoms with Crippen molar-refractivity contribution in [3.8, 4) is 0 Å². The summed E-state index contributed by atoms with van der Waals surface area (Å²) in [5, 5.41) is 9.19. The fraction of sp³-hybridized carbons (Fsp3) is 0.833. The first-order valence-corrected chi connectivity index (χ1v) is 14.4. The third-order valence-corrected chi connectivity index (χ3v) is 6.08. The van der Waals surface area contributed by atoms with Gasteiger partial charge in [-0.3, -0.25) is 4.79 Å². The molecule has 0 aliphatic heterocycles. The van der Waals surface area contributed by atoms with Crippen LogP contribution in [0.2, 0.25) is 0 Å². The third kappa shape index (κ3) is 25.5. The van der Waals surface area contributed by atoms with Gasteiger partial charge in [-0.05, 0) is 38.5 Å². The highest BCUT2D eigenvalue weighted by Gasteiger charge is 2.12. The number of aliphatic hydroxyl groups is 1. The van der Waals surface area contributed by atoms with Gasteiger partial charge in [0, 0.05) is 13.0 Å². The van der Waals surface area contributed by atoms with Crippen LogP contribution in [0, 0.1) is 0 Å². The molecule has 200 valence electrons. The molecule has 0 saturated heterocycles. The van der Waals surface area contributed by atoms with Crippen LogP contribution in [-0.4, -0.2) is 37.0 Å². The standard InChI is InChI=1S/C30H56O4/c1-3-5-6-7-8-9-10-11-12-13-14-15-16-17-18-19-20-21-22-23-24-25-26-33-28-29(27-31)34-30(32)4-2/h10-11,13-14,29,31H,3-9,12,15-28H2,1-2H3/b11-10-,14-13-. The Bertz CT molecular complexity index is 472. The van der Waals surface area contributed by atoms with Crippen LogP contribution < -0.4 is 0 Å². The summed E-state index contributed by atoms with van der Waals surface area (Å²) in [6, 6.07) is 0. The van der Waals surface area contributed by atoms with Crippen molar-refractivity contribution < 1.29 is 19.4 Å². The summed E-state index contributed by atoms with van der Waals surface area (Å²) in [4.78, 5) is 11.2. The highest BCUT2D eigenvalue weighted by molar-refractivity contribution is 5.69. The molecular weight excluding hydrogens is 424 g/mol. The SMILES string of the molecule is CCCCCCC/C=C\C/C=C\CCCCCCCCCCCCOCC(CO)OC(=O)CC. The largest absolute Gasteiger partial charge is 0.457 e. The maximum atomic E-state index is 11.2. The van der Waals surface area contributed by atoms with Crippen molar-refractivity contribution in [1.82, 2.24) is 0 Å². The van der Waals surface area contributed by atoms with E-state index in [2.05, 4.69) is 31.2 Å². The van der Waals surface area contributed by atoms with Crippen molar-refractivity contribution in [2.75, 3.05) is 19.8 Å². The van der Waals surface area contributed by atoms with Crippen LogP contribution in [-0.2, 0) is 14.3 Å². The van der Waals surface area contributed by atoms with Crippen LogP contribution >= 0.6 is 0 Å². The Hall–Kier alpha value is -1.13. The summed E-state index contributed by atoms with van der Waals surface area (Å²) in [6.45, 7) is 4.79. The van der Waals surface area contributed by atoms with E-state index in [1.807, 2.05) is 0 Å². The molecule has 0 radical (unpaired) electrons. The van der Waals surface area contributed by atoms with Crippen molar-refractivity contribution in [3.63, 3.8) is 0 Å². The molecule has 1 N–H and O–H groups in total. The van der Waals surface area contributed by atoms with Gasteiger partial charge < -0.3 is 14.6 Å². The smallest absolute Gasteiger partial charge is 0.305 e. The monoisotopic (exact) mass is 480 g/mol. The average molecular weight is 481 g/mol. The number of carbonyl (C=O) groups is 1. The average Bonchev–Trinajstić information content (AvgIpc) is 2.85. The highest BCUT2D eigenvalue weighted by atomic mass is 16.6. The van der Waals surface area contributed by atoms with Gasteiger partial charge in [-0.15, -0.1) is 0 Å². The lowest BCUT2D eigenvalue weighted by Crippen LogP contribution is -2.27. The first-order valence-electron chi connectivity index (χ1n) is 14.4. The molecule has 1 atom stereocenters. The Kier molecular flexibility index (Phi) is 27.2. The minimum atomic E-state index is -0.527. The zero-order chi connectivity index (χ0) is 25.0. The van der Waals surface area contributed by atoms with Crippen LogP contribution in [0.25, 0.3) is 0 Å². The van der Waals surface area contributed by atoms with E-state index >= 15 is 0 Å². The Morgan fingerprint density at radius 1 is 0.706 bits per heavy atom. The van der Waals surface area contributed by atoms with E-state index in [-0.39, 0.29) is 19.2 Å². The molecule has 1 unspecified atom stereocenters. The minimum absolute atomic E-state index is 0.181. The molecule has 0 heterocycles. The van der Waals surface area contributed by atoms with Crippen LogP contribution in [0.5, 0.6) is 0 Å². The van der Waals surface area contributed by atoms with Gasteiger partial charge in [0.25, 0.3) is 0 Å². The zero-order valence-electron chi connectivity index (χ0n) is 22.6. The first-order chi connectivity index (χ1) is 16.7. The molecule has 0 aliphatic rings. The fourth-order valence-corrected chi connectivity index (χ4v) is 3.86. The van der Waals surface area contributed by atoms with Gasteiger partial charge >= 0.3 is 5.97 Å². The number of hydrogen-bond acceptors (Lipinski definition) is 4. The molecule has 0 rings (SSSR count). The molecule has 0 saturated carbocycles. The maximum Gasteiger partial charge on any atom is 0.305 e. The van der Waals surface area contributed by atoms with Gasteiger partial charge in [0.05, 0.1) is 13.2 Å². The first kappa shape index (κ1) is 32.9. The molecule has 0 aromatic carbocycles. The normalized spacial score (nSPS) is 12.7. The van der Waals surface area contributed by atoms with Crippen LogP contribution in [0.15, 0.2) is 24.3 Å². The van der Waals surface area contributed by atoms with Gasteiger partial charge in [0.15, 0.2) is 0 Å². The number of carbonyl (C=O) groups excluding carboxylic acids is 1. The molecule has 0 aromatic rings. The number of hydrogen-bond donors (Lipinski definition) is 1. The number of aliphatic hydroxyl groups excluding tert-OH is 1. The zero-order valence-corrected chi connectivity index (χ0v) is 22.6. The van der Waals surface area contributed by atoms with Crippen LogP contribution in [0.1, 0.15) is 136 Å². The summed E-state index contributed by atoms with van der Waals surface area (Å²) in [7, 11) is 0. The number of esters is 1. The summed E-state index contributed by atoms with van der Waals surface area (Å²) in [5.74, 6) is -0.290. The molecule has 0 spiro atoms. The lowest BCUT2D eigenvalue weighted by atomic mass is 10.1. The molecule has 0 amide bonds. The van der Waals surface area contributed by atoms with Crippen molar-refractivity contribution >= 4 is 5.97 Å². The molecule has 0 fully saturated rings. The summed E-state index contributed by atoms with van der Waals surface area (Å²) >= 11 is 0. The van der Waals surface area contributed by atoms with E-state index < -0.39 is 6.10 Å². The summed E-state index contributed by atoms with van der Waals surface area (Å²) in [5.41, 5.74) is 0. The Morgan fingerprint density at radius 2 is 1.21 bits per heavy atom. The van der Waals surface area contributed by atoms with Crippen molar-refractivity contribution in [3.05, 3.63) is 24.3 Å². The quantitative estimate of drug-likeness (QED) is 0.0766. The number of ether oxygens (including phenoxy) is 2. The van der Waals surface area contributed by atoms with Crippen molar-refractivity contribution in [2.24, 2.45) is 0 Å². The Morgan fingerprint density at radius 3 is 1.71 bits per heavy atom. The molecule has 4 heteroatoms. The second-order valence-corrected chi connectivity index (χ2v) is 9.43. The molecule has 0 aromatic heterocycles. The van der Waals surface area contributed by atoms with E-state index in [1.165, 1.54) is 103 Å². The Labute approximate surface area is 211 Å². The van der Waals surface area contributed by atoms with Gasteiger partial charge in [0.1, 0.15) is 6.10 Å². The van der Waals surface area contributed by atoms with Gasteiger partial charge in [-0.2, -0.15) is 0 Å². The molecular formula is C30H56O4. The summed E-state index contributed by atoms with van der Waals surface area (Å²) < 4.78 is 10.6. The van der Waals surface area contributed by atoms with Crippen LogP contribution in [0.3, 0.4) is 0 Å². The summed E-state index contributed by atoms with van der Waals surface area (Å²) in [6.07, 6.45) is 32.5. The lowest BCUT2D eigenvalue weighted by molar-refractivity contribution is -0.154. The third-order valence-electron chi connectivity index (χ3n) is 6.08. The van der Waals surface area contributed by atoms with Crippen LogP contribution in [0.4, 0.5) is 0 Å². The molecule has 0 bridgehead atoms.